The Bertz CT molecular complexity index is 437. The predicted molar refractivity (Wildman–Crippen MR) is 87.4 cm³/mol. The van der Waals surface area contributed by atoms with Gasteiger partial charge in [0.1, 0.15) is 5.78 Å². The van der Waals surface area contributed by atoms with Crippen molar-refractivity contribution in [3.63, 3.8) is 0 Å². The fraction of sp³-hybridized carbons (Fsp3) is 0.632. The van der Waals surface area contributed by atoms with Gasteiger partial charge in [-0.2, -0.15) is 0 Å². The summed E-state index contributed by atoms with van der Waals surface area (Å²) in [5.41, 5.74) is 0.939. The molecule has 0 N–H and O–H groups in total. The van der Waals surface area contributed by atoms with Gasteiger partial charge in [-0.25, -0.2) is 0 Å². The highest BCUT2D eigenvalue weighted by atomic mass is 16.9. The van der Waals surface area contributed by atoms with E-state index < -0.39 is 5.79 Å². The Labute approximate surface area is 134 Å². The van der Waals surface area contributed by atoms with E-state index in [0.29, 0.717) is 12.8 Å². The lowest BCUT2D eigenvalue weighted by atomic mass is 9.96. The monoisotopic (exact) mass is 304 g/mol. The van der Waals surface area contributed by atoms with E-state index in [-0.39, 0.29) is 12.6 Å². The number of carbonyl (C=O) groups is 1. The molecule has 0 atom stereocenters. The molecule has 1 aliphatic rings. The third-order valence-corrected chi connectivity index (χ3v) is 4.29. The van der Waals surface area contributed by atoms with E-state index in [1.165, 1.54) is 32.1 Å². The SMILES string of the molecule is CCCCCCCCCC(=O)CC1(c2ccccc2)OCO1. The molecule has 0 aromatic heterocycles. The van der Waals surface area contributed by atoms with E-state index in [1.54, 1.807) is 0 Å². The molecule has 0 aliphatic carbocycles. The minimum absolute atomic E-state index is 0.233. The second-order valence-electron chi connectivity index (χ2n) is 6.11. The van der Waals surface area contributed by atoms with Crippen molar-refractivity contribution in [2.75, 3.05) is 6.79 Å². The number of carbonyl (C=O) groups excluding carboxylic acids is 1. The quantitative estimate of drug-likeness (QED) is 0.543. The minimum atomic E-state index is -0.820. The maximum atomic E-state index is 12.2. The average molecular weight is 304 g/mol. The van der Waals surface area contributed by atoms with Crippen LogP contribution in [-0.2, 0) is 20.1 Å². The molecule has 1 saturated heterocycles. The molecule has 1 aliphatic heterocycles. The molecule has 1 aromatic carbocycles. The topological polar surface area (TPSA) is 35.5 Å². The van der Waals surface area contributed by atoms with Crippen LogP contribution in [0.5, 0.6) is 0 Å². The lowest BCUT2D eigenvalue weighted by Gasteiger charge is -2.41. The molecule has 0 bridgehead atoms. The zero-order valence-electron chi connectivity index (χ0n) is 13.7. The van der Waals surface area contributed by atoms with Crippen LogP contribution in [0, 0.1) is 0 Å². The summed E-state index contributed by atoms with van der Waals surface area (Å²) in [6.07, 6.45) is 9.55. The van der Waals surface area contributed by atoms with Crippen LogP contribution in [0.25, 0.3) is 0 Å². The van der Waals surface area contributed by atoms with Gasteiger partial charge in [-0.05, 0) is 6.42 Å². The zero-order chi connectivity index (χ0) is 15.7. The Morgan fingerprint density at radius 1 is 1.00 bits per heavy atom. The van der Waals surface area contributed by atoms with Gasteiger partial charge in [-0.3, -0.25) is 4.79 Å². The maximum absolute atomic E-state index is 12.2. The molecule has 0 saturated carbocycles. The number of benzene rings is 1. The maximum Gasteiger partial charge on any atom is 0.206 e. The summed E-state index contributed by atoms with van der Waals surface area (Å²) in [6.45, 7) is 2.51. The van der Waals surface area contributed by atoms with Gasteiger partial charge < -0.3 is 9.47 Å². The van der Waals surface area contributed by atoms with Crippen molar-refractivity contribution in [1.82, 2.24) is 0 Å². The molecular weight excluding hydrogens is 276 g/mol. The van der Waals surface area contributed by atoms with Crippen LogP contribution in [0.3, 0.4) is 0 Å². The van der Waals surface area contributed by atoms with Gasteiger partial charge >= 0.3 is 0 Å². The first kappa shape index (κ1) is 17.2. The van der Waals surface area contributed by atoms with Crippen LogP contribution >= 0.6 is 0 Å². The molecule has 0 unspecified atom stereocenters. The van der Waals surface area contributed by atoms with E-state index in [2.05, 4.69) is 6.92 Å². The lowest BCUT2D eigenvalue weighted by Crippen LogP contribution is -2.45. The van der Waals surface area contributed by atoms with Crippen LogP contribution in [0.1, 0.15) is 70.3 Å². The van der Waals surface area contributed by atoms with Crippen molar-refractivity contribution in [2.45, 2.75) is 70.5 Å². The van der Waals surface area contributed by atoms with Gasteiger partial charge in [-0.15, -0.1) is 0 Å². The summed E-state index contributed by atoms with van der Waals surface area (Å²) >= 11 is 0. The number of hydrogen-bond acceptors (Lipinski definition) is 3. The molecule has 0 amide bonds. The molecule has 22 heavy (non-hydrogen) atoms. The predicted octanol–water partition coefficient (Wildman–Crippen LogP) is 4.94. The Balaban J connectivity index is 1.68. The van der Waals surface area contributed by atoms with Crippen molar-refractivity contribution in [3.05, 3.63) is 35.9 Å². The fourth-order valence-electron chi connectivity index (χ4n) is 2.89. The van der Waals surface area contributed by atoms with Crippen molar-refractivity contribution in [2.24, 2.45) is 0 Å². The largest absolute Gasteiger partial charge is 0.319 e. The van der Waals surface area contributed by atoms with Gasteiger partial charge in [0.15, 0.2) is 6.79 Å². The molecule has 122 valence electrons. The molecule has 1 fully saturated rings. The fourth-order valence-corrected chi connectivity index (χ4v) is 2.89. The number of unbranched alkanes of at least 4 members (excludes halogenated alkanes) is 6. The van der Waals surface area contributed by atoms with E-state index >= 15 is 0 Å². The summed E-state index contributed by atoms with van der Waals surface area (Å²) in [7, 11) is 0. The number of ether oxygens (including phenoxy) is 2. The normalized spacial score (nSPS) is 16.2. The van der Waals surface area contributed by atoms with E-state index in [0.717, 1.165) is 18.4 Å². The Kier molecular flexibility index (Phi) is 7.07. The summed E-state index contributed by atoms with van der Waals surface area (Å²) in [5.74, 6) is -0.587. The van der Waals surface area contributed by atoms with Crippen molar-refractivity contribution in [1.29, 1.82) is 0 Å². The van der Waals surface area contributed by atoms with Gasteiger partial charge in [0.25, 0.3) is 0 Å². The van der Waals surface area contributed by atoms with E-state index in [4.69, 9.17) is 9.47 Å². The van der Waals surface area contributed by atoms with Crippen molar-refractivity contribution >= 4 is 5.78 Å². The smallest absolute Gasteiger partial charge is 0.206 e. The second-order valence-corrected chi connectivity index (χ2v) is 6.11. The number of ketones is 1. The lowest BCUT2D eigenvalue weighted by molar-refractivity contribution is -0.407. The second kappa shape index (κ2) is 9.06. The Hall–Kier alpha value is -1.19. The molecule has 3 nitrogen and oxygen atoms in total. The highest BCUT2D eigenvalue weighted by Crippen LogP contribution is 2.38. The molecule has 2 rings (SSSR count). The van der Waals surface area contributed by atoms with Crippen LogP contribution in [0.4, 0.5) is 0 Å². The highest BCUT2D eigenvalue weighted by molar-refractivity contribution is 5.79. The molecule has 3 heteroatoms. The minimum Gasteiger partial charge on any atom is -0.319 e. The molecule has 0 spiro atoms. The number of Topliss-reactive ketones (excluding diaryl/α,β-unsaturated/α-hetero) is 1. The molecule has 1 heterocycles. The Morgan fingerprint density at radius 2 is 1.64 bits per heavy atom. The van der Waals surface area contributed by atoms with Gasteiger partial charge in [-0.1, -0.05) is 75.8 Å². The van der Waals surface area contributed by atoms with Crippen LogP contribution in [0.2, 0.25) is 0 Å². The van der Waals surface area contributed by atoms with Gasteiger partial charge in [0.05, 0.1) is 6.42 Å². The molecule has 1 aromatic rings. The van der Waals surface area contributed by atoms with Crippen LogP contribution in [0.15, 0.2) is 30.3 Å². The highest BCUT2D eigenvalue weighted by Gasteiger charge is 2.43. The van der Waals surface area contributed by atoms with Gasteiger partial charge in [0.2, 0.25) is 5.79 Å². The van der Waals surface area contributed by atoms with E-state index in [9.17, 15) is 4.79 Å². The Morgan fingerprint density at radius 3 is 2.23 bits per heavy atom. The third-order valence-electron chi connectivity index (χ3n) is 4.29. The molecule has 0 radical (unpaired) electrons. The van der Waals surface area contributed by atoms with Crippen LogP contribution < -0.4 is 0 Å². The molecular formula is C19H28O3. The number of hydrogen-bond donors (Lipinski definition) is 0. The first-order valence-corrected chi connectivity index (χ1v) is 8.62. The first-order chi connectivity index (χ1) is 10.8. The van der Waals surface area contributed by atoms with E-state index in [1.807, 2.05) is 30.3 Å². The standard InChI is InChI=1S/C19H28O3/c1-2-3-4-5-6-7-11-14-18(20)15-19(21-16-22-19)17-12-9-8-10-13-17/h8-10,12-13H,2-7,11,14-16H2,1H3. The first-order valence-electron chi connectivity index (χ1n) is 8.62. The summed E-state index contributed by atoms with van der Waals surface area (Å²) in [5, 5.41) is 0. The van der Waals surface area contributed by atoms with Gasteiger partial charge in [0, 0.05) is 12.0 Å². The third kappa shape index (κ3) is 4.92. The van der Waals surface area contributed by atoms with Crippen LogP contribution in [-0.4, -0.2) is 12.6 Å². The zero-order valence-corrected chi connectivity index (χ0v) is 13.7. The van der Waals surface area contributed by atoms with Crippen molar-refractivity contribution in [3.8, 4) is 0 Å². The summed E-state index contributed by atoms with van der Waals surface area (Å²) in [4.78, 5) is 12.2. The summed E-state index contributed by atoms with van der Waals surface area (Å²) < 4.78 is 11.2. The number of rotatable bonds is 11. The average Bonchev–Trinajstić information content (AvgIpc) is 2.51. The van der Waals surface area contributed by atoms with Crippen molar-refractivity contribution < 1.29 is 14.3 Å². The summed E-state index contributed by atoms with van der Waals surface area (Å²) in [6, 6.07) is 9.77.